The SMILES string of the molecule is CNNC(=O)C1(c2ccc3c(c2)CCC(=O)N3)CC1. The standard InChI is InChI=1S/C14H17N3O2/c1-15-17-13(19)14(6-7-14)10-3-4-11-9(8-10)2-5-12(18)16-11/h3-4,8,15H,2,5-7H2,1H3,(H,16,18)(H,17,19). The van der Waals surface area contributed by atoms with Crippen LogP contribution in [-0.2, 0) is 21.4 Å². The lowest BCUT2D eigenvalue weighted by Gasteiger charge is -2.21. The zero-order valence-electron chi connectivity index (χ0n) is 10.9. The molecule has 0 bridgehead atoms. The third-order valence-electron chi connectivity index (χ3n) is 3.98. The summed E-state index contributed by atoms with van der Waals surface area (Å²) in [5, 5.41) is 2.86. The molecule has 1 aliphatic heterocycles. The maximum atomic E-state index is 12.1. The van der Waals surface area contributed by atoms with E-state index in [0.29, 0.717) is 6.42 Å². The van der Waals surface area contributed by atoms with Gasteiger partial charge in [0.1, 0.15) is 0 Å². The van der Waals surface area contributed by atoms with Crippen LogP contribution in [0, 0.1) is 0 Å². The highest BCUT2D eigenvalue weighted by Crippen LogP contribution is 2.49. The van der Waals surface area contributed by atoms with Crippen LogP contribution in [0.15, 0.2) is 18.2 Å². The van der Waals surface area contributed by atoms with Gasteiger partial charge in [-0.2, -0.15) is 0 Å². The Kier molecular flexibility index (Phi) is 2.78. The van der Waals surface area contributed by atoms with Gasteiger partial charge in [0.05, 0.1) is 5.41 Å². The summed E-state index contributed by atoms with van der Waals surface area (Å²) < 4.78 is 0. The number of hydrazine groups is 1. The Balaban J connectivity index is 1.91. The van der Waals surface area contributed by atoms with Crippen molar-refractivity contribution >= 4 is 17.5 Å². The molecule has 1 heterocycles. The van der Waals surface area contributed by atoms with Crippen molar-refractivity contribution in [1.82, 2.24) is 10.9 Å². The van der Waals surface area contributed by atoms with Crippen molar-refractivity contribution in [3.8, 4) is 0 Å². The van der Waals surface area contributed by atoms with Gasteiger partial charge < -0.3 is 5.32 Å². The largest absolute Gasteiger partial charge is 0.326 e. The maximum absolute atomic E-state index is 12.1. The van der Waals surface area contributed by atoms with Crippen LogP contribution >= 0.6 is 0 Å². The third kappa shape index (κ3) is 2.00. The van der Waals surface area contributed by atoms with E-state index in [0.717, 1.165) is 36.1 Å². The van der Waals surface area contributed by atoms with Gasteiger partial charge in [0, 0.05) is 19.2 Å². The fourth-order valence-electron chi connectivity index (χ4n) is 2.69. The van der Waals surface area contributed by atoms with Crippen molar-refractivity contribution in [1.29, 1.82) is 0 Å². The molecule has 0 saturated heterocycles. The summed E-state index contributed by atoms with van der Waals surface area (Å²) in [6.45, 7) is 0. The van der Waals surface area contributed by atoms with Crippen molar-refractivity contribution in [2.75, 3.05) is 12.4 Å². The van der Waals surface area contributed by atoms with Gasteiger partial charge in [-0.05, 0) is 36.5 Å². The first-order chi connectivity index (χ1) is 9.15. The first-order valence-corrected chi connectivity index (χ1v) is 6.56. The van der Waals surface area contributed by atoms with E-state index in [1.807, 2.05) is 12.1 Å². The molecule has 0 spiro atoms. The Hall–Kier alpha value is -1.88. The average Bonchev–Trinajstić information content (AvgIpc) is 3.20. The summed E-state index contributed by atoms with van der Waals surface area (Å²) in [6.07, 6.45) is 3.03. The number of amides is 2. The minimum Gasteiger partial charge on any atom is -0.326 e. The number of benzene rings is 1. The molecule has 3 N–H and O–H groups in total. The minimum absolute atomic E-state index is 0.0230. The van der Waals surface area contributed by atoms with Crippen molar-refractivity contribution in [2.24, 2.45) is 0 Å². The van der Waals surface area contributed by atoms with E-state index in [4.69, 9.17) is 0 Å². The molecule has 1 saturated carbocycles. The molecule has 1 aromatic rings. The van der Waals surface area contributed by atoms with Gasteiger partial charge in [0.2, 0.25) is 11.8 Å². The van der Waals surface area contributed by atoms with Crippen LogP contribution in [0.2, 0.25) is 0 Å². The van der Waals surface area contributed by atoms with Crippen LogP contribution in [-0.4, -0.2) is 18.9 Å². The second-order valence-corrected chi connectivity index (χ2v) is 5.21. The molecule has 0 aromatic heterocycles. The van der Waals surface area contributed by atoms with Crippen molar-refractivity contribution in [3.05, 3.63) is 29.3 Å². The predicted molar refractivity (Wildman–Crippen MR) is 71.5 cm³/mol. The van der Waals surface area contributed by atoms with E-state index in [9.17, 15) is 9.59 Å². The van der Waals surface area contributed by atoms with Gasteiger partial charge in [-0.1, -0.05) is 12.1 Å². The third-order valence-corrected chi connectivity index (χ3v) is 3.98. The van der Waals surface area contributed by atoms with Crippen LogP contribution in [0.25, 0.3) is 0 Å². The Bertz CT molecular complexity index is 550. The number of carbonyl (C=O) groups excluding carboxylic acids is 2. The molecular formula is C14H17N3O2. The summed E-state index contributed by atoms with van der Waals surface area (Å²) in [4.78, 5) is 23.4. The predicted octanol–water partition coefficient (Wildman–Crippen LogP) is 0.853. The van der Waals surface area contributed by atoms with Gasteiger partial charge in [-0.3, -0.25) is 15.0 Å². The quantitative estimate of drug-likeness (QED) is 0.705. The van der Waals surface area contributed by atoms with Gasteiger partial charge in [-0.25, -0.2) is 5.43 Å². The molecule has 3 rings (SSSR count). The molecular weight excluding hydrogens is 242 g/mol. The Morgan fingerprint density at radius 1 is 1.32 bits per heavy atom. The highest BCUT2D eigenvalue weighted by Gasteiger charge is 2.51. The number of anilines is 1. The smallest absolute Gasteiger partial charge is 0.244 e. The first kappa shape index (κ1) is 12.2. The molecule has 2 aliphatic rings. The van der Waals surface area contributed by atoms with Gasteiger partial charge in [0.15, 0.2) is 0 Å². The fourth-order valence-corrected chi connectivity index (χ4v) is 2.69. The molecule has 0 atom stereocenters. The molecule has 19 heavy (non-hydrogen) atoms. The summed E-state index contributed by atoms with van der Waals surface area (Å²) >= 11 is 0. The number of aryl methyl sites for hydroxylation is 1. The summed E-state index contributed by atoms with van der Waals surface area (Å²) in [5.74, 6) is 0.0871. The van der Waals surface area contributed by atoms with Crippen molar-refractivity contribution in [2.45, 2.75) is 31.1 Å². The summed E-state index contributed by atoms with van der Waals surface area (Å²) in [6, 6.07) is 5.93. The number of fused-ring (bicyclic) bond motifs is 1. The molecule has 1 aliphatic carbocycles. The normalized spacial score (nSPS) is 19.3. The topological polar surface area (TPSA) is 70.2 Å². The van der Waals surface area contributed by atoms with Crippen LogP contribution < -0.4 is 16.2 Å². The average molecular weight is 259 g/mol. The highest BCUT2D eigenvalue weighted by molar-refractivity contribution is 5.95. The number of hydrogen-bond donors (Lipinski definition) is 3. The second-order valence-electron chi connectivity index (χ2n) is 5.21. The zero-order chi connectivity index (χ0) is 13.5. The van der Waals surface area contributed by atoms with E-state index in [-0.39, 0.29) is 17.2 Å². The van der Waals surface area contributed by atoms with E-state index in [1.54, 1.807) is 7.05 Å². The lowest BCUT2D eigenvalue weighted by molar-refractivity contribution is -0.124. The van der Waals surface area contributed by atoms with Crippen LogP contribution in [0.1, 0.15) is 30.4 Å². The Labute approximate surface area is 111 Å². The highest BCUT2D eigenvalue weighted by atomic mass is 16.2. The number of nitrogens with one attached hydrogen (secondary N) is 3. The lowest BCUT2D eigenvalue weighted by atomic mass is 9.91. The summed E-state index contributed by atoms with van der Waals surface area (Å²) in [7, 11) is 1.69. The summed E-state index contributed by atoms with van der Waals surface area (Å²) in [5.41, 5.74) is 8.05. The molecule has 0 unspecified atom stereocenters. The fraction of sp³-hybridized carbons (Fsp3) is 0.429. The van der Waals surface area contributed by atoms with Crippen molar-refractivity contribution < 1.29 is 9.59 Å². The Morgan fingerprint density at radius 2 is 2.11 bits per heavy atom. The second kappa shape index (κ2) is 4.35. The molecule has 0 radical (unpaired) electrons. The van der Waals surface area contributed by atoms with Gasteiger partial charge in [0.25, 0.3) is 0 Å². The Morgan fingerprint density at radius 3 is 2.79 bits per heavy atom. The molecule has 100 valence electrons. The maximum Gasteiger partial charge on any atom is 0.244 e. The molecule has 1 aromatic carbocycles. The zero-order valence-corrected chi connectivity index (χ0v) is 10.9. The number of rotatable bonds is 3. The van der Waals surface area contributed by atoms with Gasteiger partial charge >= 0.3 is 0 Å². The molecule has 1 fully saturated rings. The van der Waals surface area contributed by atoms with E-state index in [2.05, 4.69) is 22.2 Å². The van der Waals surface area contributed by atoms with E-state index < -0.39 is 0 Å². The van der Waals surface area contributed by atoms with Crippen LogP contribution in [0.5, 0.6) is 0 Å². The van der Waals surface area contributed by atoms with Crippen LogP contribution in [0.3, 0.4) is 0 Å². The number of hydrogen-bond acceptors (Lipinski definition) is 3. The van der Waals surface area contributed by atoms with Gasteiger partial charge in [-0.15, -0.1) is 0 Å². The van der Waals surface area contributed by atoms with E-state index in [1.165, 1.54) is 0 Å². The van der Waals surface area contributed by atoms with E-state index >= 15 is 0 Å². The minimum atomic E-state index is -0.375. The number of carbonyl (C=O) groups is 2. The van der Waals surface area contributed by atoms with Crippen molar-refractivity contribution in [3.63, 3.8) is 0 Å². The first-order valence-electron chi connectivity index (χ1n) is 6.56. The lowest BCUT2D eigenvalue weighted by Crippen LogP contribution is -2.41. The van der Waals surface area contributed by atoms with Crippen LogP contribution in [0.4, 0.5) is 5.69 Å². The molecule has 2 amide bonds. The molecule has 5 heteroatoms. The molecule has 5 nitrogen and oxygen atoms in total. The monoisotopic (exact) mass is 259 g/mol.